The number of halogens is 1. The predicted octanol–water partition coefficient (Wildman–Crippen LogP) is 3.02. The highest BCUT2D eigenvalue weighted by molar-refractivity contribution is 6.30. The molecule has 3 rings (SSSR count). The van der Waals surface area contributed by atoms with Gasteiger partial charge < -0.3 is 14.7 Å². The lowest BCUT2D eigenvalue weighted by molar-refractivity contribution is -0.149. The first-order valence-corrected chi connectivity index (χ1v) is 10.2. The van der Waals surface area contributed by atoms with E-state index in [1.165, 1.54) is 7.11 Å². The van der Waals surface area contributed by atoms with Crippen LogP contribution in [0, 0.1) is 23.7 Å². The number of likely N-dealkylation sites (tertiary alicyclic amines) is 1. The maximum atomic E-state index is 12.8. The number of benzene rings is 1. The number of carbonyl (C=O) groups is 2. The molecule has 0 unspecified atom stereocenters. The number of rotatable bonds is 2. The van der Waals surface area contributed by atoms with Crippen LogP contribution in [-0.2, 0) is 14.3 Å². The van der Waals surface area contributed by atoms with E-state index in [2.05, 4.69) is 11.8 Å². The summed E-state index contributed by atoms with van der Waals surface area (Å²) in [5, 5.41) is 11.4. The fourth-order valence-electron chi connectivity index (χ4n) is 3.98. The van der Waals surface area contributed by atoms with Crippen molar-refractivity contribution in [3.05, 3.63) is 34.9 Å². The van der Waals surface area contributed by atoms with Crippen molar-refractivity contribution in [1.82, 2.24) is 4.90 Å². The second-order valence-corrected chi connectivity index (χ2v) is 8.13. The Bertz CT molecular complexity index is 781. The zero-order valence-electron chi connectivity index (χ0n) is 16.1. The molecule has 0 bridgehead atoms. The molecule has 1 saturated carbocycles. The van der Waals surface area contributed by atoms with Crippen LogP contribution in [-0.4, -0.2) is 47.7 Å². The molecule has 150 valence electrons. The number of hydrogen-bond acceptors (Lipinski definition) is 4. The first kappa shape index (κ1) is 20.7. The second-order valence-electron chi connectivity index (χ2n) is 7.69. The zero-order valence-corrected chi connectivity index (χ0v) is 16.9. The van der Waals surface area contributed by atoms with Gasteiger partial charge in [0.05, 0.1) is 13.0 Å². The maximum Gasteiger partial charge on any atom is 0.308 e. The van der Waals surface area contributed by atoms with Crippen molar-refractivity contribution in [2.75, 3.05) is 20.2 Å². The molecule has 1 saturated heterocycles. The monoisotopic (exact) mass is 403 g/mol. The summed E-state index contributed by atoms with van der Waals surface area (Å²) in [6.07, 6.45) is 3.70. The maximum absolute atomic E-state index is 12.8. The standard InChI is InChI=1S/C22H26ClNO4/c1-28-21(26)18-7-5-17(6-8-18)20(25)24-13-11-22(27,12-14-24)10-9-16-3-2-4-19(23)15-16/h2-4,15,17-18,27H,5-8,11-14H2,1H3. The Kier molecular flexibility index (Phi) is 6.64. The van der Waals surface area contributed by atoms with Crippen molar-refractivity contribution in [3.8, 4) is 11.8 Å². The van der Waals surface area contributed by atoms with Gasteiger partial charge in [0, 0.05) is 42.4 Å². The molecule has 1 aliphatic carbocycles. The van der Waals surface area contributed by atoms with Crippen molar-refractivity contribution in [2.45, 2.75) is 44.1 Å². The van der Waals surface area contributed by atoms with Gasteiger partial charge in [0.2, 0.25) is 5.91 Å². The molecule has 6 heteroatoms. The number of hydrogen-bond donors (Lipinski definition) is 1. The van der Waals surface area contributed by atoms with Crippen LogP contribution in [0.1, 0.15) is 44.1 Å². The zero-order chi connectivity index (χ0) is 20.1. The lowest BCUT2D eigenvalue weighted by Crippen LogP contribution is -2.48. The number of esters is 1. The molecule has 5 nitrogen and oxygen atoms in total. The number of amides is 1. The number of piperidine rings is 1. The van der Waals surface area contributed by atoms with E-state index in [4.69, 9.17) is 16.3 Å². The summed E-state index contributed by atoms with van der Waals surface area (Å²) >= 11 is 5.96. The van der Waals surface area contributed by atoms with Crippen molar-refractivity contribution >= 4 is 23.5 Å². The van der Waals surface area contributed by atoms with Crippen LogP contribution in [0.4, 0.5) is 0 Å². The molecule has 28 heavy (non-hydrogen) atoms. The van der Waals surface area contributed by atoms with E-state index in [1.54, 1.807) is 12.1 Å². The Balaban J connectivity index is 1.52. The van der Waals surface area contributed by atoms with Gasteiger partial charge in [-0.2, -0.15) is 0 Å². The number of nitrogens with zero attached hydrogens (tertiary/aromatic N) is 1. The summed E-state index contributed by atoms with van der Waals surface area (Å²) in [7, 11) is 1.41. The summed E-state index contributed by atoms with van der Waals surface area (Å²) in [5.41, 5.74) is -0.316. The van der Waals surface area contributed by atoms with E-state index in [1.807, 2.05) is 17.0 Å². The molecule has 1 heterocycles. The number of aliphatic hydroxyl groups is 1. The highest BCUT2D eigenvalue weighted by Gasteiger charge is 2.37. The Morgan fingerprint density at radius 2 is 1.82 bits per heavy atom. The lowest BCUT2D eigenvalue weighted by atomic mass is 9.81. The highest BCUT2D eigenvalue weighted by atomic mass is 35.5. The van der Waals surface area contributed by atoms with Crippen LogP contribution >= 0.6 is 11.6 Å². The topological polar surface area (TPSA) is 66.8 Å². The summed E-state index contributed by atoms with van der Waals surface area (Å²) in [6.45, 7) is 0.993. The van der Waals surface area contributed by atoms with Gasteiger partial charge in [0.1, 0.15) is 5.60 Å². The Hall–Kier alpha value is -2.03. The van der Waals surface area contributed by atoms with E-state index in [9.17, 15) is 14.7 Å². The van der Waals surface area contributed by atoms with Gasteiger partial charge >= 0.3 is 5.97 Å². The van der Waals surface area contributed by atoms with Crippen LogP contribution in [0.25, 0.3) is 0 Å². The summed E-state index contributed by atoms with van der Waals surface area (Å²) in [4.78, 5) is 26.3. The van der Waals surface area contributed by atoms with Crippen molar-refractivity contribution in [2.24, 2.45) is 11.8 Å². The van der Waals surface area contributed by atoms with E-state index >= 15 is 0 Å². The predicted molar refractivity (Wildman–Crippen MR) is 107 cm³/mol. The highest BCUT2D eigenvalue weighted by Crippen LogP contribution is 2.32. The quantitative estimate of drug-likeness (QED) is 0.608. The minimum atomic E-state index is -1.08. The molecule has 2 aliphatic rings. The molecule has 1 amide bonds. The first-order chi connectivity index (χ1) is 13.4. The summed E-state index contributed by atoms with van der Waals surface area (Å²) < 4.78 is 4.80. The van der Waals surface area contributed by atoms with Crippen LogP contribution in [0.2, 0.25) is 5.02 Å². The van der Waals surface area contributed by atoms with Crippen LogP contribution < -0.4 is 0 Å². The average Bonchev–Trinajstić information content (AvgIpc) is 2.72. The number of ether oxygens (including phenoxy) is 1. The largest absolute Gasteiger partial charge is 0.469 e. The molecular weight excluding hydrogens is 378 g/mol. The molecule has 2 fully saturated rings. The third-order valence-electron chi connectivity index (χ3n) is 5.78. The van der Waals surface area contributed by atoms with E-state index in [0.717, 1.165) is 5.56 Å². The molecule has 1 aliphatic heterocycles. The normalized spacial score (nSPS) is 24.0. The minimum Gasteiger partial charge on any atom is -0.469 e. The fraction of sp³-hybridized carbons (Fsp3) is 0.545. The van der Waals surface area contributed by atoms with Gasteiger partial charge in [-0.05, 0) is 43.9 Å². The van der Waals surface area contributed by atoms with Gasteiger partial charge in [-0.3, -0.25) is 9.59 Å². The van der Waals surface area contributed by atoms with Crippen LogP contribution in [0.5, 0.6) is 0 Å². The molecule has 0 radical (unpaired) electrons. The van der Waals surface area contributed by atoms with Crippen LogP contribution in [0.3, 0.4) is 0 Å². The van der Waals surface area contributed by atoms with E-state index < -0.39 is 5.60 Å². The van der Waals surface area contributed by atoms with Gasteiger partial charge in [-0.1, -0.05) is 29.5 Å². The second kappa shape index (κ2) is 8.98. The molecule has 0 aromatic heterocycles. The summed E-state index contributed by atoms with van der Waals surface area (Å²) in [6, 6.07) is 7.23. The van der Waals surface area contributed by atoms with Gasteiger partial charge in [-0.15, -0.1) is 0 Å². The number of carbonyl (C=O) groups excluding carboxylic acids is 2. The van der Waals surface area contributed by atoms with Crippen molar-refractivity contribution in [3.63, 3.8) is 0 Å². The van der Waals surface area contributed by atoms with Crippen molar-refractivity contribution in [1.29, 1.82) is 0 Å². The molecule has 0 atom stereocenters. The fourth-order valence-corrected chi connectivity index (χ4v) is 4.17. The first-order valence-electron chi connectivity index (χ1n) is 9.78. The molecule has 1 N–H and O–H groups in total. The lowest BCUT2D eigenvalue weighted by Gasteiger charge is -2.38. The summed E-state index contributed by atoms with van der Waals surface area (Å²) in [5.74, 6) is 5.80. The SMILES string of the molecule is COC(=O)C1CCC(C(=O)N2CCC(O)(C#Cc3cccc(Cl)c3)CC2)CC1. The third-order valence-corrected chi connectivity index (χ3v) is 6.01. The van der Waals surface area contributed by atoms with Crippen LogP contribution in [0.15, 0.2) is 24.3 Å². The minimum absolute atomic E-state index is 0.0374. The van der Waals surface area contributed by atoms with E-state index in [0.29, 0.717) is 56.6 Å². The Morgan fingerprint density at radius 3 is 2.43 bits per heavy atom. The van der Waals surface area contributed by atoms with Gasteiger partial charge in [0.15, 0.2) is 0 Å². The average molecular weight is 404 g/mol. The van der Waals surface area contributed by atoms with Crippen molar-refractivity contribution < 1.29 is 19.4 Å². The van der Waals surface area contributed by atoms with Gasteiger partial charge in [-0.25, -0.2) is 0 Å². The Labute approximate surface area is 171 Å². The smallest absolute Gasteiger partial charge is 0.308 e. The van der Waals surface area contributed by atoms with Gasteiger partial charge in [0.25, 0.3) is 0 Å². The molecule has 0 spiro atoms. The molecule has 1 aromatic rings. The molecular formula is C22H26ClNO4. The Morgan fingerprint density at radius 1 is 1.18 bits per heavy atom. The number of methoxy groups -OCH3 is 1. The third kappa shape index (κ3) is 5.06. The molecule has 1 aromatic carbocycles. The van der Waals surface area contributed by atoms with E-state index in [-0.39, 0.29) is 23.7 Å².